The zero-order valence-corrected chi connectivity index (χ0v) is 14.6. The first-order valence-corrected chi connectivity index (χ1v) is 8.17. The monoisotopic (exact) mass is 336 g/mol. The van der Waals surface area contributed by atoms with Crippen molar-refractivity contribution in [2.45, 2.75) is 51.6 Å². The van der Waals surface area contributed by atoms with Crippen LogP contribution in [0.4, 0.5) is 4.79 Å². The van der Waals surface area contributed by atoms with Crippen molar-refractivity contribution in [1.29, 1.82) is 0 Å². The summed E-state index contributed by atoms with van der Waals surface area (Å²) in [5.41, 5.74) is -1.50. The lowest BCUT2D eigenvalue weighted by molar-refractivity contribution is -0.132. The number of rotatable bonds is 6. The van der Waals surface area contributed by atoms with Crippen molar-refractivity contribution >= 4 is 11.9 Å². The van der Waals surface area contributed by atoms with Crippen molar-refractivity contribution in [1.82, 2.24) is 19.4 Å². The van der Waals surface area contributed by atoms with E-state index in [9.17, 15) is 19.2 Å². The van der Waals surface area contributed by atoms with Gasteiger partial charge >= 0.3 is 11.7 Å². The largest absolute Gasteiger partial charge is 0.330 e. The average Bonchev–Trinajstić information content (AvgIpc) is 2.75. The van der Waals surface area contributed by atoms with Crippen LogP contribution in [0.3, 0.4) is 0 Å². The summed E-state index contributed by atoms with van der Waals surface area (Å²) in [5.74, 6) is -0.288. The van der Waals surface area contributed by atoms with Gasteiger partial charge in [-0.2, -0.15) is 0 Å². The molecule has 132 valence electrons. The van der Waals surface area contributed by atoms with Gasteiger partial charge in [0.1, 0.15) is 5.54 Å². The van der Waals surface area contributed by atoms with Gasteiger partial charge in [0.2, 0.25) is 0 Å². The van der Waals surface area contributed by atoms with E-state index in [-0.39, 0.29) is 12.5 Å². The lowest BCUT2D eigenvalue weighted by Crippen LogP contribution is -2.47. The van der Waals surface area contributed by atoms with Crippen molar-refractivity contribution in [3.8, 4) is 0 Å². The van der Waals surface area contributed by atoms with Gasteiger partial charge in [-0.05, 0) is 12.8 Å². The first kappa shape index (κ1) is 18.0. The number of amides is 3. The van der Waals surface area contributed by atoms with Crippen molar-refractivity contribution in [2.75, 3.05) is 0 Å². The van der Waals surface area contributed by atoms with E-state index >= 15 is 0 Å². The van der Waals surface area contributed by atoms with Crippen LogP contribution < -0.4 is 16.6 Å². The van der Waals surface area contributed by atoms with E-state index in [2.05, 4.69) is 5.32 Å². The molecule has 0 bridgehead atoms. The number of nitrogens with zero attached hydrogens (tertiary/aromatic N) is 3. The predicted molar refractivity (Wildman–Crippen MR) is 88.6 cm³/mol. The molecule has 1 aromatic heterocycles. The summed E-state index contributed by atoms with van der Waals surface area (Å²) >= 11 is 0. The molecule has 0 atom stereocenters. The van der Waals surface area contributed by atoms with Crippen LogP contribution in [-0.4, -0.2) is 31.5 Å². The maximum absolute atomic E-state index is 12.8. The second-order valence-electron chi connectivity index (χ2n) is 6.28. The molecule has 1 aliphatic heterocycles. The summed E-state index contributed by atoms with van der Waals surface area (Å²) in [5, 5.41) is 2.82. The minimum Gasteiger partial charge on any atom is -0.323 e. The molecule has 1 N–H and O–H groups in total. The first-order chi connectivity index (χ1) is 11.3. The molecule has 3 amide bonds. The molecule has 0 spiro atoms. The fourth-order valence-corrected chi connectivity index (χ4v) is 3.23. The molecule has 2 heterocycles. The van der Waals surface area contributed by atoms with Gasteiger partial charge in [-0.3, -0.25) is 23.6 Å². The summed E-state index contributed by atoms with van der Waals surface area (Å²) in [6, 6.07) is 0.803. The molecule has 0 aliphatic carbocycles. The molecule has 8 heteroatoms. The standard InChI is InChI=1S/C16H24N4O4/c1-5-7-16(8-6-2)13(22)20(14(23)17-16)10-11-9-12(21)19(4)15(24)18(11)3/h9H,5-8,10H2,1-4H3,(H,17,23). The zero-order valence-electron chi connectivity index (χ0n) is 14.6. The molecule has 0 saturated carbocycles. The molecular formula is C16H24N4O4. The number of carbonyl (C=O) groups is 2. The van der Waals surface area contributed by atoms with Crippen LogP contribution >= 0.6 is 0 Å². The highest BCUT2D eigenvalue weighted by atomic mass is 16.2. The molecule has 24 heavy (non-hydrogen) atoms. The molecule has 2 rings (SSSR count). The smallest absolute Gasteiger partial charge is 0.323 e. The number of hydrogen-bond acceptors (Lipinski definition) is 4. The van der Waals surface area contributed by atoms with Gasteiger partial charge in [-0.1, -0.05) is 26.7 Å². The van der Waals surface area contributed by atoms with Crippen molar-refractivity contribution in [3.05, 3.63) is 32.6 Å². The number of hydrogen-bond donors (Lipinski definition) is 1. The third kappa shape index (κ3) is 2.88. The van der Waals surface area contributed by atoms with E-state index in [1.807, 2.05) is 13.8 Å². The van der Waals surface area contributed by atoms with E-state index in [0.29, 0.717) is 18.5 Å². The van der Waals surface area contributed by atoms with Crippen LogP contribution in [-0.2, 0) is 25.4 Å². The zero-order chi connectivity index (χ0) is 18.1. The van der Waals surface area contributed by atoms with Gasteiger partial charge in [0.05, 0.1) is 6.54 Å². The number of urea groups is 1. The Labute approximate surface area is 140 Å². The highest BCUT2D eigenvalue weighted by Crippen LogP contribution is 2.28. The normalized spacial score (nSPS) is 16.6. The number of carbonyl (C=O) groups excluding carboxylic acids is 2. The molecule has 1 aromatic rings. The lowest BCUT2D eigenvalue weighted by Gasteiger charge is -2.25. The van der Waals surface area contributed by atoms with Gasteiger partial charge in [-0.15, -0.1) is 0 Å². The van der Waals surface area contributed by atoms with Crippen LogP contribution in [0.25, 0.3) is 0 Å². The Morgan fingerprint density at radius 3 is 2.12 bits per heavy atom. The Balaban J connectivity index is 2.38. The molecule has 0 aromatic carbocycles. The molecule has 0 radical (unpaired) electrons. The average molecular weight is 336 g/mol. The molecule has 1 aliphatic rings. The summed E-state index contributed by atoms with van der Waals surface area (Å²) in [4.78, 5) is 50.1. The quantitative estimate of drug-likeness (QED) is 0.765. The van der Waals surface area contributed by atoms with E-state index in [1.54, 1.807) is 0 Å². The van der Waals surface area contributed by atoms with Crippen LogP contribution in [0.2, 0.25) is 0 Å². The van der Waals surface area contributed by atoms with Crippen molar-refractivity contribution < 1.29 is 9.59 Å². The fraction of sp³-hybridized carbons (Fsp3) is 0.625. The van der Waals surface area contributed by atoms with Gasteiger partial charge in [-0.25, -0.2) is 9.59 Å². The van der Waals surface area contributed by atoms with Gasteiger partial charge < -0.3 is 5.32 Å². The van der Waals surface area contributed by atoms with E-state index in [4.69, 9.17) is 0 Å². The number of aromatic nitrogens is 2. The second-order valence-corrected chi connectivity index (χ2v) is 6.28. The summed E-state index contributed by atoms with van der Waals surface area (Å²) in [6.07, 6.45) is 2.67. The molecular weight excluding hydrogens is 312 g/mol. The molecule has 8 nitrogen and oxygen atoms in total. The van der Waals surface area contributed by atoms with Crippen molar-refractivity contribution in [2.24, 2.45) is 14.1 Å². The van der Waals surface area contributed by atoms with Crippen LogP contribution in [0, 0.1) is 0 Å². The molecule has 0 unspecified atom stereocenters. The Hall–Kier alpha value is -2.38. The highest BCUT2D eigenvalue weighted by Gasteiger charge is 2.49. The van der Waals surface area contributed by atoms with Crippen LogP contribution in [0.5, 0.6) is 0 Å². The van der Waals surface area contributed by atoms with Gasteiger partial charge in [0.15, 0.2) is 0 Å². The Bertz CT molecular complexity index is 771. The van der Waals surface area contributed by atoms with Crippen LogP contribution in [0.15, 0.2) is 15.7 Å². The van der Waals surface area contributed by atoms with Gasteiger partial charge in [0.25, 0.3) is 11.5 Å². The Morgan fingerprint density at radius 1 is 1.00 bits per heavy atom. The second kappa shape index (κ2) is 6.62. The minimum absolute atomic E-state index is 0.0956. The first-order valence-electron chi connectivity index (χ1n) is 8.17. The fourth-order valence-electron chi connectivity index (χ4n) is 3.23. The lowest BCUT2D eigenvalue weighted by atomic mass is 9.88. The summed E-state index contributed by atoms with van der Waals surface area (Å²) in [7, 11) is 2.90. The number of imide groups is 1. The maximum Gasteiger partial charge on any atom is 0.330 e. The number of nitrogens with one attached hydrogen (secondary N) is 1. The Morgan fingerprint density at radius 2 is 1.58 bits per heavy atom. The van der Waals surface area contributed by atoms with Crippen molar-refractivity contribution in [3.63, 3.8) is 0 Å². The van der Waals surface area contributed by atoms with Crippen LogP contribution in [0.1, 0.15) is 45.2 Å². The third-order valence-corrected chi connectivity index (χ3v) is 4.54. The third-order valence-electron chi connectivity index (χ3n) is 4.54. The SMILES string of the molecule is CCCC1(CCC)NC(=O)N(Cc2cc(=O)n(C)c(=O)n2C)C1=O. The van der Waals surface area contributed by atoms with E-state index < -0.39 is 22.8 Å². The molecule has 1 fully saturated rings. The topological polar surface area (TPSA) is 93.4 Å². The molecule has 1 saturated heterocycles. The summed E-state index contributed by atoms with van der Waals surface area (Å²) < 4.78 is 2.26. The predicted octanol–water partition coefficient (Wildman–Crippen LogP) is 0.475. The maximum atomic E-state index is 12.8. The Kier molecular flexibility index (Phi) is 4.96. The summed E-state index contributed by atoms with van der Waals surface area (Å²) in [6.45, 7) is 3.83. The highest BCUT2D eigenvalue weighted by molar-refractivity contribution is 6.06. The van der Waals surface area contributed by atoms with E-state index in [1.165, 1.54) is 24.7 Å². The van der Waals surface area contributed by atoms with E-state index in [0.717, 1.165) is 22.3 Å². The minimum atomic E-state index is -0.876. The van der Waals surface area contributed by atoms with Gasteiger partial charge in [0, 0.05) is 25.9 Å².